The fourth-order valence-corrected chi connectivity index (χ4v) is 10.1. The van der Waals surface area contributed by atoms with E-state index in [1.807, 2.05) is 12.1 Å². The highest BCUT2D eigenvalue weighted by Crippen LogP contribution is 2.48. The van der Waals surface area contributed by atoms with Crippen LogP contribution in [0.5, 0.6) is 0 Å². The molecule has 58 heavy (non-hydrogen) atoms. The standard InChI is InChI=1S/C52H29N5O/c1-2-15-31-30(14-1)32-16-3-8-23-41(32)55-45-28-39-35-19-6-11-26-44(35)57(46(39)29-40(45)37-22-13-21-36(31)49(37)55)52-53-50(48-38-20-7-12-27-47(38)58-51(48)54-52)56-42-24-9-4-17-33(42)34-18-5-10-25-43(34)56/h1-29H. The Kier molecular flexibility index (Phi) is 5.68. The summed E-state index contributed by atoms with van der Waals surface area (Å²) in [6, 6.07) is 63.0. The molecule has 0 aliphatic carbocycles. The van der Waals surface area contributed by atoms with Crippen LogP contribution >= 0.6 is 0 Å². The van der Waals surface area contributed by atoms with Crippen molar-refractivity contribution < 1.29 is 4.42 Å². The van der Waals surface area contributed by atoms with Crippen molar-refractivity contribution in [1.82, 2.24) is 23.7 Å². The van der Waals surface area contributed by atoms with Crippen molar-refractivity contribution >= 4 is 87.5 Å². The van der Waals surface area contributed by atoms with E-state index in [2.05, 4.69) is 177 Å². The quantitative estimate of drug-likeness (QED) is 0.177. The number of furan rings is 1. The summed E-state index contributed by atoms with van der Waals surface area (Å²) in [7, 11) is 0. The Morgan fingerprint density at radius 2 is 0.879 bits per heavy atom. The highest BCUT2D eigenvalue weighted by Gasteiger charge is 2.27. The predicted molar refractivity (Wildman–Crippen MR) is 237 cm³/mol. The third-order valence-corrected chi connectivity index (χ3v) is 12.4. The Morgan fingerprint density at radius 3 is 1.62 bits per heavy atom. The predicted octanol–water partition coefficient (Wildman–Crippen LogP) is 13.3. The molecule has 1 aliphatic rings. The molecule has 1 aliphatic heterocycles. The second kappa shape index (κ2) is 10.9. The first-order valence-electron chi connectivity index (χ1n) is 19.7. The van der Waals surface area contributed by atoms with Gasteiger partial charge in [0.2, 0.25) is 11.7 Å². The summed E-state index contributed by atoms with van der Waals surface area (Å²) < 4.78 is 13.6. The minimum atomic E-state index is 0.550. The number of benzene rings is 8. The molecule has 0 radical (unpaired) electrons. The molecule has 8 aromatic carbocycles. The van der Waals surface area contributed by atoms with Crippen molar-refractivity contribution in [3.63, 3.8) is 0 Å². The second-order valence-corrected chi connectivity index (χ2v) is 15.3. The van der Waals surface area contributed by atoms with E-state index in [0.717, 1.165) is 60.5 Å². The van der Waals surface area contributed by atoms with E-state index in [0.29, 0.717) is 11.7 Å². The van der Waals surface area contributed by atoms with Gasteiger partial charge in [-0.2, -0.15) is 9.97 Å². The minimum absolute atomic E-state index is 0.550. The lowest BCUT2D eigenvalue weighted by Gasteiger charge is -2.13. The van der Waals surface area contributed by atoms with Gasteiger partial charge >= 0.3 is 0 Å². The van der Waals surface area contributed by atoms with Gasteiger partial charge in [0, 0.05) is 48.8 Å². The highest BCUT2D eigenvalue weighted by molar-refractivity contribution is 6.22. The van der Waals surface area contributed by atoms with Gasteiger partial charge in [-0.25, -0.2) is 0 Å². The van der Waals surface area contributed by atoms with E-state index < -0.39 is 0 Å². The molecule has 6 heteroatoms. The van der Waals surface area contributed by atoms with Crippen LogP contribution in [0.2, 0.25) is 0 Å². The molecular weight excluding hydrogens is 711 g/mol. The molecule has 0 spiro atoms. The second-order valence-electron chi connectivity index (χ2n) is 15.3. The van der Waals surface area contributed by atoms with Gasteiger partial charge < -0.3 is 8.98 Å². The van der Waals surface area contributed by atoms with E-state index in [9.17, 15) is 0 Å². The summed E-state index contributed by atoms with van der Waals surface area (Å²) >= 11 is 0. The molecule has 0 N–H and O–H groups in total. The molecule has 268 valence electrons. The largest absolute Gasteiger partial charge is 0.437 e. The van der Waals surface area contributed by atoms with E-state index in [-0.39, 0.29) is 0 Å². The normalized spacial score (nSPS) is 12.5. The third kappa shape index (κ3) is 3.76. The van der Waals surface area contributed by atoms with E-state index >= 15 is 0 Å². The van der Waals surface area contributed by atoms with Crippen molar-refractivity contribution in [3.05, 3.63) is 176 Å². The number of rotatable bonds is 2. The number of para-hydroxylation sites is 6. The summed E-state index contributed by atoms with van der Waals surface area (Å²) in [5.74, 6) is 1.34. The third-order valence-electron chi connectivity index (χ3n) is 12.4. The first kappa shape index (κ1) is 30.3. The van der Waals surface area contributed by atoms with Gasteiger partial charge in [-0.15, -0.1) is 0 Å². The molecule has 0 amide bonds. The van der Waals surface area contributed by atoms with Gasteiger partial charge in [0.05, 0.1) is 44.2 Å². The van der Waals surface area contributed by atoms with Gasteiger partial charge in [0.25, 0.3) is 0 Å². The first-order valence-corrected chi connectivity index (χ1v) is 19.7. The van der Waals surface area contributed by atoms with Crippen molar-refractivity contribution in [3.8, 4) is 39.7 Å². The summed E-state index contributed by atoms with van der Waals surface area (Å²) in [6.45, 7) is 0. The van der Waals surface area contributed by atoms with Crippen LogP contribution in [0.4, 0.5) is 0 Å². The number of nitrogens with zero attached hydrogens (tertiary/aromatic N) is 5. The zero-order chi connectivity index (χ0) is 37.6. The smallest absolute Gasteiger partial charge is 0.240 e. The molecule has 13 aromatic rings. The lowest BCUT2D eigenvalue weighted by Crippen LogP contribution is -2.06. The Hall–Kier alpha value is -7.96. The molecule has 0 fully saturated rings. The number of hydrogen-bond acceptors (Lipinski definition) is 3. The average molecular weight is 740 g/mol. The molecule has 0 saturated heterocycles. The van der Waals surface area contributed by atoms with Gasteiger partial charge in [-0.3, -0.25) is 9.13 Å². The lowest BCUT2D eigenvalue weighted by molar-refractivity contribution is 0.650. The first-order chi connectivity index (χ1) is 28.8. The van der Waals surface area contributed by atoms with Crippen LogP contribution in [-0.4, -0.2) is 23.7 Å². The molecule has 0 saturated carbocycles. The molecule has 0 unspecified atom stereocenters. The SMILES string of the molecule is c1ccc2c(c1)-c1ccccc1-n1c3cc4c5ccccc5n(-c5nc(-n6c7ccccc7c7ccccc76)c6c(n5)oc5ccccc56)c4cc3c3cccc-2c31. The van der Waals surface area contributed by atoms with E-state index in [4.69, 9.17) is 14.4 Å². The maximum Gasteiger partial charge on any atom is 0.240 e. The summed E-state index contributed by atoms with van der Waals surface area (Å²) in [5, 5.41) is 8.87. The molecule has 6 heterocycles. The molecule has 6 nitrogen and oxygen atoms in total. The van der Waals surface area contributed by atoms with Crippen LogP contribution in [0.25, 0.3) is 127 Å². The Bertz CT molecular complexity index is 3880. The summed E-state index contributed by atoms with van der Waals surface area (Å²) in [5.41, 5.74) is 14.1. The van der Waals surface area contributed by atoms with Crippen LogP contribution in [-0.2, 0) is 0 Å². The molecule has 0 bridgehead atoms. The average Bonchev–Trinajstić information content (AvgIpc) is 3.99. The maximum atomic E-state index is 6.64. The van der Waals surface area contributed by atoms with Crippen LogP contribution in [0.15, 0.2) is 180 Å². The zero-order valence-corrected chi connectivity index (χ0v) is 30.9. The molecule has 0 atom stereocenters. The topological polar surface area (TPSA) is 53.7 Å². The summed E-state index contributed by atoms with van der Waals surface area (Å²) in [4.78, 5) is 10.9. The van der Waals surface area contributed by atoms with Crippen molar-refractivity contribution in [1.29, 1.82) is 0 Å². The number of hydrogen-bond donors (Lipinski definition) is 0. The van der Waals surface area contributed by atoms with Gasteiger partial charge in [-0.05, 0) is 53.6 Å². The van der Waals surface area contributed by atoms with E-state index in [1.54, 1.807) is 0 Å². The Balaban J connectivity index is 1.14. The maximum absolute atomic E-state index is 6.64. The zero-order valence-electron chi connectivity index (χ0n) is 30.9. The van der Waals surface area contributed by atoms with Crippen molar-refractivity contribution in [2.24, 2.45) is 0 Å². The van der Waals surface area contributed by atoms with Gasteiger partial charge in [0.15, 0.2) is 5.82 Å². The number of aromatic nitrogens is 5. The monoisotopic (exact) mass is 739 g/mol. The highest BCUT2D eigenvalue weighted by atomic mass is 16.3. The Labute approximate surface area is 330 Å². The fraction of sp³-hybridized carbons (Fsp3) is 0. The number of fused-ring (bicyclic) bond motifs is 17. The molecule has 5 aromatic heterocycles. The van der Waals surface area contributed by atoms with Crippen LogP contribution in [0.1, 0.15) is 0 Å². The van der Waals surface area contributed by atoms with Gasteiger partial charge in [-0.1, -0.05) is 133 Å². The Morgan fingerprint density at radius 1 is 0.362 bits per heavy atom. The molecule has 14 rings (SSSR count). The fourth-order valence-electron chi connectivity index (χ4n) is 10.1. The van der Waals surface area contributed by atoms with Crippen LogP contribution < -0.4 is 0 Å². The molecular formula is C52H29N5O. The lowest BCUT2D eigenvalue weighted by atomic mass is 9.94. The minimum Gasteiger partial charge on any atom is -0.437 e. The van der Waals surface area contributed by atoms with E-state index in [1.165, 1.54) is 55.0 Å². The van der Waals surface area contributed by atoms with Crippen LogP contribution in [0.3, 0.4) is 0 Å². The van der Waals surface area contributed by atoms with Gasteiger partial charge in [0.1, 0.15) is 5.58 Å². The van der Waals surface area contributed by atoms with Crippen molar-refractivity contribution in [2.45, 2.75) is 0 Å². The van der Waals surface area contributed by atoms with Crippen molar-refractivity contribution in [2.75, 3.05) is 0 Å². The summed E-state index contributed by atoms with van der Waals surface area (Å²) in [6.07, 6.45) is 0. The van der Waals surface area contributed by atoms with Crippen LogP contribution in [0, 0.1) is 0 Å².